The zero-order valence-electron chi connectivity index (χ0n) is 12.9. The Balaban J connectivity index is 2.31. The zero-order valence-corrected chi connectivity index (χ0v) is 12.9. The van der Waals surface area contributed by atoms with Gasteiger partial charge >= 0.3 is 0 Å². The topological polar surface area (TPSA) is 34.1 Å². The lowest BCUT2D eigenvalue weighted by Crippen LogP contribution is -2.20. The van der Waals surface area contributed by atoms with Crippen LogP contribution in [0.5, 0.6) is 5.75 Å². The maximum atomic E-state index is 14.3. The molecule has 0 saturated heterocycles. The van der Waals surface area contributed by atoms with Crippen LogP contribution in [0.25, 0.3) is 0 Å². The highest BCUT2D eigenvalue weighted by atomic mass is 19.1. The number of benzene rings is 1. The van der Waals surface area contributed by atoms with Gasteiger partial charge in [-0.1, -0.05) is 12.1 Å². The Bertz CT molecular complexity index is 608. The van der Waals surface area contributed by atoms with Crippen molar-refractivity contribution in [3.63, 3.8) is 0 Å². The molecule has 0 amide bonds. The van der Waals surface area contributed by atoms with Crippen molar-refractivity contribution in [1.29, 1.82) is 0 Å². The van der Waals surface area contributed by atoms with Gasteiger partial charge in [0.1, 0.15) is 0 Å². The molecule has 0 radical (unpaired) electrons. The molecule has 21 heavy (non-hydrogen) atoms. The molecule has 1 aromatic heterocycles. The summed E-state index contributed by atoms with van der Waals surface area (Å²) in [4.78, 5) is 4.38. The number of aryl methyl sites for hydroxylation is 2. The molecule has 0 fully saturated rings. The molecule has 2 aromatic rings. The van der Waals surface area contributed by atoms with Crippen LogP contribution in [0.3, 0.4) is 0 Å². The number of ether oxygens (including phenoxy) is 1. The highest BCUT2D eigenvalue weighted by molar-refractivity contribution is 5.33. The average Bonchev–Trinajstić information content (AvgIpc) is 2.45. The first-order chi connectivity index (χ1) is 10.0. The van der Waals surface area contributed by atoms with Crippen molar-refractivity contribution in [2.75, 3.05) is 14.2 Å². The van der Waals surface area contributed by atoms with Crippen molar-refractivity contribution < 1.29 is 9.13 Å². The molecule has 1 N–H and O–H groups in total. The van der Waals surface area contributed by atoms with Crippen LogP contribution >= 0.6 is 0 Å². The van der Waals surface area contributed by atoms with Gasteiger partial charge in [-0.25, -0.2) is 4.39 Å². The SMILES string of the molecule is CNC(Cc1cccc(OC)c1F)c1cc(C)nc(C)c1. The van der Waals surface area contributed by atoms with Crippen molar-refractivity contribution in [2.45, 2.75) is 26.3 Å². The molecule has 0 spiro atoms. The predicted octanol–water partition coefficient (Wildman–Crippen LogP) is 3.35. The van der Waals surface area contributed by atoms with Crippen molar-refractivity contribution in [3.05, 3.63) is 58.7 Å². The van der Waals surface area contributed by atoms with E-state index < -0.39 is 0 Å². The van der Waals surface area contributed by atoms with E-state index in [-0.39, 0.29) is 17.6 Å². The fourth-order valence-electron chi connectivity index (χ4n) is 2.55. The molecule has 3 nitrogen and oxygen atoms in total. The van der Waals surface area contributed by atoms with Gasteiger partial charge in [-0.3, -0.25) is 4.98 Å². The van der Waals surface area contributed by atoms with E-state index in [1.54, 1.807) is 12.1 Å². The molecule has 0 bridgehead atoms. The third kappa shape index (κ3) is 3.58. The molecule has 1 heterocycles. The number of nitrogens with one attached hydrogen (secondary N) is 1. The van der Waals surface area contributed by atoms with Crippen LogP contribution < -0.4 is 10.1 Å². The lowest BCUT2D eigenvalue weighted by Gasteiger charge is -2.18. The number of halogens is 1. The van der Waals surface area contributed by atoms with Crippen molar-refractivity contribution in [2.24, 2.45) is 0 Å². The summed E-state index contributed by atoms with van der Waals surface area (Å²) in [6.07, 6.45) is 0.558. The number of hydrogen-bond donors (Lipinski definition) is 1. The number of aromatic nitrogens is 1. The molecule has 4 heteroatoms. The fourth-order valence-corrected chi connectivity index (χ4v) is 2.55. The lowest BCUT2D eigenvalue weighted by molar-refractivity contribution is 0.383. The maximum absolute atomic E-state index is 14.3. The van der Waals surface area contributed by atoms with Crippen LogP contribution in [0.4, 0.5) is 4.39 Å². The maximum Gasteiger partial charge on any atom is 0.168 e. The Kier molecular flexibility index (Phi) is 4.91. The van der Waals surface area contributed by atoms with E-state index in [2.05, 4.69) is 10.3 Å². The van der Waals surface area contributed by atoms with Crippen LogP contribution in [0, 0.1) is 19.7 Å². The average molecular weight is 288 g/mol. The second kappa shape index (κ2) is 6.68. The molecule has 0 aliphatic rings. The van der Waals surface area contributed by atoms with E-state index in [0.29, 0.717) is 12.0 Å². The first kappa shape index (κ1) is 15.4. The van der Waals surface area contributed by atoms with Crippen molar-refractivity contribution >= 4 is 0 Å². The molecule has 1 unspecified atom stereocenters. The Hall–Kier alpha value is -1.94. The van der Waals surface area contributed by atoms with Gasteiger partial charge in [0.15, 0.2) is 11.6 Å². The summed E-state index contributed by atoms with van der Waals surface area (Å²) in [6, 6.07) is 9.34. The number of methoxy groups -OCH3 is 1. The fraction of sp³-hybridized carbons (Fsp3) is 0.353. The largest absolute Gasteiger partial charge is 0.494 e. The summed E-state index contributed by atoms with van der Waals surface area (Å²) in [5, 5.41) is 3.25. The number of rotatable bonds is 5. The van der Waals surface area contributed by atoms with Crippen LogP contribution in [-0.4, -0.2) is 19.1 Å². The van der Waals surface area contributed by atoms with Crippen molar-refractivity contribution in [1.82, 2.24) is 10.3 Å². The molecule has 0 aliphatic carbocycles. The van der Waals surface area contributed by atoms with Gasteiger partial charge < -0.3 is 10.1 Å². The number of likely N-dealkylation sites (N-methyl/N-ethyl adjacent to an activating group) is 1. The molecular weight excluding hydrogens is 267 g/mol. The second-order valence-corrected chi connectivity index (χ2v) is 5.16. The normalized spacial score (nSPS) is 12.2. The minimum atomic E-state index is -0.289. The van der Waals surface area contributed by atoms with Crippen LogP contribution in [0.1, 0.15) is 28.6 Å². The van der Waals surface area contributed by atoms with Crippen LogP contribution in [-0.2, 0) is 6.42 Å². The molecule has 1 aromatic carbocycles. The van der Waals surface area contributed by atoms with Crippen LogP contribution in [0.15, 0.2) is 30.3 Å². The Labute approximate surface area is 125 Å². The minimum absolute atomic E-state index is 0.0343. The molecule has 0 saturated carbocycles. The summed E-state index contributed by atoms with van der Waals surface area (Å²) in [5.74, 6) is -0.00723. The third-order valence-corrected chi connectivity index (χ3v) is 3.54. The van der Waals surface area contributed by atoms with E-state index in [1.165, 1.54) is 7.11 Å². The van der Waals surface area contributed by atoms with E-state index in [9.17, 15) is 4.39 Å². The highest BCUT2D eigenvalue weighted by Gasteiger charge is 2.16. The van der Waals surface area contributed by atoms with E-state index in [1.807, 2.05) is 39.1 Å². The molecule has 2 rings (SSSR count). The zero-order chi connectivity index (χ0) is 15.4. The monoisotopic (exact) mass is 288 g/mol. The molecule has 1 atom stereocenters. The lowest BCUT2D eigenvalue weighted by atomic mass is 9.98. The third-order valence-electron chi connectivity index (χ3n) is 3.54. The number of hydrogen-bond acceptors (Lipinski definition) is 3. The van der Waals surface area contributed by atoms with Crippen molar-refractivity contribution in [3.8, 4) is 5.75 Å². The molecule has 0 aliphatic heterocycles. The summed E-state index contributed by atoms with van der Waals surface area (Å²) in [7, 11) is 3.36. The Morgan fingerprint density at radius 3 is 2.48 bits per heavy atom. The molecular formula is C17H21FN2O. The molecule has 112 valence electrons. The summed E-state index contributed by atoms with van der Waals surface area (Å²) < 4.78 is 19.3. The first-order valence-corrected chi connectivity index (χ1v) is 6.99. The van der Waals surface area contributed by atoms with Gasteiger partial charge in [-0.15, -0.1) is 0 Å². The van der Waals surface area contributed by atoms with Gasteiger partial charge in [0.2, 0.25) is 0 Å². The van der Waals surface area contributed by atoms with Gasteiger partial charge in [-0.05, 0) is 56.6 Å². The number of nitrogens with zero attached hydrogens (tertiary/aromatic N) is 1. The minimum Gasteiger partial charge on any atom is -0.494 e. The van der Waals surface area contributed by atoms with E-state index >= 15 is 0 Å². The van der Waals surface area contributed by atoms with E-state index in [0.717, 1.165) is 17.0 Å². The smallest absolute Gasteiger partial charge is 0.168 e. The first-order valence-electron chi connectivity index (χ1n) is 6.99. The van der Waals surface area contributed by atoms with Gasteiger partial charge in [-0.2, -0.15) is 0 Å². The Morgan fingerprint density at radius 1 is 1.24 bits per heavy atom. The standard InChI is InChI=1S/C17H21FN2O/c1-11-8-14(9-12(2)20-11)15(19-3)10-13-6-5-7-16(21-4)17(13)18/h5-9,15,19H,10H2,1-4H3. The number of pyridine rings is 1. The van der Waals surface area contributed by atoms with Gasteiger partial charge in [0.25, 0.3) is 0 Å². The van der Waals surface area contributed by atoms with Crippen LogP contribution in [0.2, 0.25) is 0 Å². The predicted molar refractivity (Wildman–Crippen MR) is 82.2 cm³/mol. The highest BCUT2D eigenvalue weighted by Crippen LogP contribution is 2.25. The summed E-state index contributed by atoms with van der Waals surface area (Å²) in [6.45, 7) is 3.94. The Morgan fingerprint density at radius 2 is 1.90 bits per heavy atom. The van der Waals surface area contributed by atoms with E-state index in [4.69, 9.17) is 4.74 Å². The quantitative estimate of drug-likeness (QED) is 0.916. The van der Waals surface area contributed by atoms with Gasteiger partial charge in [0.05, 0.1) is 7.11 Å². The van der Waals surface area contributed by atoms with Gasteiger partial charge in [0, 0.05) is 17.4 Å². The second-order valence-electron chi connectivity index (χ2n) is 5.16. The summed E-state index contributed by atoms with van der Waals surface area (Å²) >= 11 is 0. The summed E-state index contributed by atoms with van der Waals surface area (Å²) in [5.41, 5.74) is 3.69.